The number of aliphatic carboxylic acids is 1. The van der Waals surface area contributed by atoms with E-state index in [-0.39, 0.29) is 11.8 Å². The monoisotopic (exact) mass is 255 g/mol. The number of unbranched alkanes of at least 4 members (excludes halogenated alkanes) is 1. The first-order chi connectivity index (χ1) is 8.46. The third kappa shape index (κ3) is 3.03. The van der Waals surface area contributed by atoms with Crippen molar-refractivity contribution in [2.24, 2.45) is 11.3 Å². The van der Waals surface area contributed by atoms with Gasteiger partial charge in [0, 0.05) is 19.0 Å². The molecule has 4 nitrogen and oxygen atoms in total. The lowest BCUT2D eigenvalue weighted by molar-refractivity contribution is -0.149. The van der Waals surface area contributed by atoms with Crippen LogP contribution in [0.5, 0.6) is 0 Å². The minimum atomic E-state index is -0.762. The maximum absolute atomic E-state index is 12.2. The highest BCUT2D eigenvalue weighted by atomic mass is 16.4. The zero-order chi connectivity index (χ0) is 13.8. The highest BCUT2D eigenvalue weighted by Gasteiger charge is 2.45. The average molecular weight is 255 g/mol. The molecule has 0 aromatic carbocycles. The molecule has 0 aliphatic carbocycles. The molecule has 18 heavy (non-hydrogen) atoms. The van der Waals surface area contributed by atoms with Crippen molar-refractivity contribution in [2.75, 3.05) is 13.1 Å². The molecule has 4 heteroatoms. The van der Waals surface area contributed by atoms with Crippen LogP contribution in [0.25, 0.3) is 0 Å². The zero-order valence-corrected chi connectivity index (χ0v) is 11.7. The van der Waals surface area contributed by atoms with Crippen LogP contribution in [-0.4, -0.2) is 35.0 Å². The Morgan fingerprint density at radius 3 is 2.50 bits per heavy atom. The molecule has 1 N–H and O–H groups in total. The van der Waals surface area contributed by atoms with Gasteiger partial charge in [-0.1, -0.05) is 33.6 Å². The molecule has 2 atom stereocenters. The Morgan fingerprint density at radius 1 is 1.39 bits per heavy atom. The van der Waals surface area contributed by atoms with E-state index in [9.17, 15) is 14.7 Å². The summed E-state index contributed by atoms with van der Waals surface area (Å²) in [5.74, 6) is -0.618. The molecule has 1 heterocycles. The minimum Gasteiger partial charge on any atom is -0.481 e. The zero-order valence-electron chi connectivity index (χ0n) is 11.7. The van der Waals surface area contributed by atoms with E-state index in [0.717, 1.165) is 19.3 Å². The van der Waals surface area contributed by atoms with Crippen LogP contribution in [-0.2, 0) is 9.59 Å². The number of hydrogen-bond acceptors (Lipinski definition) is 2. The second-order valence-electron chi connectivity index (χ2n) is 5.49. The molecule has 1 fully saturated rings. The number of nitrogens with zero attached hydrogens (tertiary/aromatic N) is 1. The molecule has 0 radical (unpaired) electrons. The van der Waals surface area contributed by atoms with Gasteiger partial charge in [-0.2, -0.15) is 0 Å². The summed E-state index contributed by atoms with van der Waals surface area (Å²) in [6, 6.07) is 0. The van der Waals surface area contributed by atoms with E-state index in [1.54, 1.807) is 4.90 Å². The van der Waals surface area contributed by atoms with Crippen LogP contribution in [0, 0.1) is 11.3 Å². The number of rotatable bonds is 6. The van der Waals surface area contributed by atoms with Crippen LogP contribution >= 0.6 is 0 Å². The first-order valence-corrected chi connectivity index (χ1v) is 6.99. The number of amides is 1. The van der Waals surface area contributed by atoms with Gasteiger partial charge in [0.2, 0.25) is 5.91 Å². The molecule has 2 unspecified atom stereocenters. The van der Waals surface area contributed by atoms with E-state index < -0.39 is 11.4 Å². The second-order valence-corrected chi connectivity index (χ2v) is 5.49. The quantitative estimate of drug-likeness (QED) is 0.793. The van der Waals surface area contributed by atoms with Crippen LogP contribution in [0.4, 0.5) is 0 Å². The van der Waals surface area contributed by atoms with E-state index >= 15 is 0 Å². The van der Waals surface area contributed by atoms with Crippen molar-refractivity contribution in [3.8, 4) is 0 Å². The average Bonchev–Trinajstić information content (AvgIpc) is 2.80. The van der Waals surface area contributed by atoms with Gasteiger partial charge in [-0.3, -0.25) is 9.59 Å². The van der Waals surface area contributed by atoms with Crippen LogP contribution in [0.1, 0.15) is 52.9 Å². The molecule has 0 bridgehead atoms. The molecule has 0 aromatic heterocycles. The van der Waals surface area contributed by atoms with Crippen molar-refractivity contribution in [1.29, 1.82) is 0 Å². The Kier molecular flexibility index (Phi) is 5.17. The predicted molar refractivity (Wildman–Crippen MR) is 70.2 cm³/mol. The van der Waals surface area contributed by atoms with Gasteiger partial charge in [0.1, 0.15) is 0 Å². The third-order valence-corrected chi connectivity index (χ3v) is 4.21. The van der Waals surface area contributed by atoms with Crippen LogP contribution in [0.2, 0.25) is 0 Å². The van der Waals surface area contributed by atoms with Crippen molar-refractivity contribution in [3.05, 3.63) is 0 Å². The second kappa shape index (κ2) is 6.21. The summed E-state index contributed by atoms with van der Waals surface area (Å²) < 4.78 is 0. The van der Waals surface area contributed by atoms with Crippen molar-refractivity contribution in [1.82, 2.24) is 4.90 Å². The number of carboxylic acids is 1. The van der Waals surface area contributed by atoms with Gasteiger partial charge in [-0.05, 0) is 19.3 Å². The molecule has 0 aromatic rings. The Labute approximate surface area is 109 Å². The van der Waals surface area contributed by atoms with Gasteiger partial charge in [0.25, 0.3) is 0 Å². The summed E-state index contributed by atoms with van der Waals surface area (Å²) in [4.78, 5) is 25.3. The maximum Gasteiger partial charge on any atom is 0.311 e. The van der Waals surface area contributed by atoms with E-state index in [1.165, 1.54) is 0 Å². The number of carbonyl (C=O) groups is 2. The number of likely N-dealkylation sites (tertiary alicyclic amines) is 1. The number of hydrogen-bond donors (Lipinski definition) is 1. The highest BCUT2D eigenvalue weighted by Crippen LogP contribution is 2.35. The van der Waals surface area contributed by atoms with Crippen molar-refractivity contribution < 1.29 is 14.7 Å². The first kappa shape index (κ1) is 15.0. The van der Waals surface area contributed by atoms with Crippen LogP contribution < -0.4 is 0 Å². The molecular weight excluding hydrogens is 230 g/mol. The summed E-state index contributed by atoms with van der Waals surface area (Å²) in [6.45, 7) is 6.93. The first-order valence-electron chi connectivity index (χ1n) is 6.99. The standard InChI is InChI=1S/C14H25NO3/c1-4-6-7-11(3)12(16)15-9-8-14(5-2,10-15)13(17)18/h11H,4-10H2,1-3H3,(H,17,18). The van der Waals surface area contributed by atoms with Gasteiger partial charge in [0.05, 0.1) is 5.41 Å². The molecule has 0 saturated carbocycles. The Bertz CT molecular complexity index is 316. The lowest BCUT2D eigenvalue weighted by Gasteiger charge is -2.25. The predicted octanol–water partition coefficient (Wildman–Crippen LogP) is 2.53. The normalized spacial score (nSPS) is 25.2. The Balaban J connectivity index is 2.60. The molecule has 1 saturated heterocycles. The highest BCUT2D eigenvalue weighted by molar-refractivity contribution is 5.82. The minimum absolute atomic E-state index is 0.0198. The van der Waals surface area contributed by atoms with Crippen molar-refractivity contribution in [2.45, 2.75) is 52.9 Å². The van der Waals surface area contributed by atoms with Gasteiger partial charge < -0.3 is 10.0 Å². The van der Waals surface area contributed by atoms with Crippen LogP contribution in [0.15, 0.2) is 0 Å². The lowest BCUT2D eigenvalue weighted by atomic mass is 9.84. The van der Waals surface area contributed by atoms with E-state index in [0.29, 0.717) is 25.9 Å². The Morgan fingerprint density at radius 2 is 2.06 bits per heavy atom. The summed E-state index contributed by atoms with van der Waals surface area (Å²) in [5.41, 5.74) is -0.708. The third-order valence-electron chi connectivity index (χ3n) is 4.21. The molecule has 1 amide bonds. The fourth-order valence-electron chi connectivity index (χ4n) is 2.62. The van der Waals surface area contributed by atoms with Crippen molar-refractivity contribution in [3.63, 3.8) is 0 Å². The van der Waals surface area contributed by atoms with E-state index in [1.807, 2.05) is 13.8 Å². The summed E-state index contributed by atoms with van der Waals surface area (Å²) in [6.07, 6.45) is 4.22. The number of carboxylic acid groups (broad SMARTS) is 1. The molecule has 1 aliphatic heterocycles. The van der Waals surface area contributed by atoms with Crippen LogP contribution in [0.3, 0.4) is 0 Å². The van der Waals surface area contributed by atoms with Gasteiger partial charge in [-0.15, -0.1) is 0 Å². The van der Waals surface area contributed by atoms with Gasteiger partial charge in [0.15, 0.2) is 0 Å². The van der Waals surface area contributed by atoms with Crippen molar-refractivity contribution >= 4 is 11.9 Å². The summed E-state index contributed by atoms with van der Waals surface area (Å²) in [5, 5.41) is 9.31. The fourth-order valence-corrected chi connectivity index (χ4v) is 2.62. The topological polar surface area (TPSA) is 57.6 Å². The summed E-state index contributed by atoms with van der Waals surface area (Å²) in [7, 11) is 0. The molecule has 1 rings (SSSR count). The summed E-state index contributed by atoms with van der Waals surface area (Å²) >= 11 is 0. The largest absolute Gasteiger partial charge is 0.481 e. The number of carbonyl (C=O) groups excluding carboxylic acids is 1. The molecule has 1 aliphatic rings. The smallest absolute Gasteiger partial charge is 0.311 e. The molecular formula is C14H25NO3. The fraction of sp³-hybridized carbons (Fsp3) is 0.857. The molecule has 0 spiro atoms. The SMILES string of the molecule is CCCCC(C)C(=O)N1CCC(CC)(C(=O)O)C1. The molecule has 104 valence electrons. The van der Waals surface area contributed by atoms with Gasteiger partial charge >= 0.3 is 5.97 Å². The lowest BCUT2D eigenvalue weighted by Crippen LogP contribution is -2.38. The Hall–Kier alpha value is -1.06. The van der Waals surface area contributed by atoms with Gasteiger partial charge in [-0.25, -0.2) is 0 Å². The van der Waals surface area contributed by atoms with E-state index in [2.05, 4.69) is 6.92 Å². The van der Waals surface area contributed by atoms with E-state index in [4.69, 9.17) is 0 Å². The maximum atomic E-state index is 12.2.